The summed E-state index contributed by atoms with van der Waals surface area (Å²) in [6.45, 7) is 23.5. The van der Waals surface area contributed by atoms with Crippen LogP contribution in [0.4, 0.5) is 0 Å². The van der Waals surface area contributed by atoms with Crippen LogP contribution in [0.15, 0.2) is 256 Å². The van der Waals surface area contributed by atoms with Gasteiger partial charge in [-0.25, -0.2) is 0 Å². The molecule has 13 rings (SSSR count). The van der Waals surface area contributed by atoms with Gasteiger partial charge in [0.05, 0.1) is 33.9 Å². The summed E-state index contributed by atoms with van der Waals surface area (Å²) in [5.41, 5.74) is 13.0. The van der Waals surface area contributed by atoms with E-state index >= 15 is 0 Å². The Bertz CT molecular complexity index is 3850. The normalized spacial score (nSPS) is 13.4. The molecule has 0 bridgehead atoms. The molecule has 0 aromatic heterocycles. The summed E-state index contributed by atoms with van der Waals surface area (Å²) in [5.74, 6) is 5.65. The highest BCUT2D eigenvalue weighted by molar-refractivity contribution is 5.98. The number of hydrogen-bond acceptors (Lipinski definition) is 4. The maximum absolute atomic E-state index is 6.01. The van der Waals surface area contributed by atoms with Crippen molar-refractivity contribution in [1.82, 2.24) is 0 Å². The van der Waals surface area contributed by atoms with Gasteiger partial charge in [-0.3, -0.25) is 0 Å². The minimum Gasteiger partial charge on any atom is -0.463 e. The van der Waals surface area contributed by atoms with Gasteiger partial charge in [0.25, 0.3) is 0 Å². The fourth-order valence-electron chi connectivity index (χ4n) is 12.5. The largest absolute Gasteiger partial charge is 0.463 e. The molecule has 0 heterocycles. The predicted octanol–water partition coefficient (Wildman–Crippen LogP) is 18.7. The van der Waals surface area contributed by atoms with E-state index in [2.05, 4.69) is 208 Å². The first-order chi connectivity index (χ1) is 36.9. The SMILES string of the molecule is C=C(C)Oc1ccc2cc(C3(c4ccc5cc(OC(=C)C)ccc5c4)c4ccccc4-c4cc5c(cc43)-c3ccccc3C5(c3ccc4cc(OC(=C)C)ccc4c3)c3ccc4cc(OC(=C)C)ccc4c3)ccc2c1. The average Bonchev–Trinajstić information content (AvgIpc) is 4.11. The Hall–Kier alpha value is -9.38. The third-order valence-corrected chi connectivity index (χ3v) is 15.4. The molecular formula is C72H54O4. The number of fused-ring (bicyclic) bond motifs is 10. The van der Waals surface area contributed by atoms with Crippen LogP contribution in [0.25, 0.3) is 65.3 Å². The van der Waals surface area contributed by atoms with E-state index in [9.17, 15) is 0 Å². The molecule has 0 amide bonds. The number of benzene rings is 11. The molecule has 0 saturated carbocycles. The van der Waals surface area contributed by atoms with Gasteiger partial charge < -0.3 is 18.9 Å². The summed E-state index contributed by atoms with van der Waals surface area (Å²) in [7, 11) is 0. The van der Waals surface area contributed by atoms with Crippen LogP contribution in [0.1, 0.15) is 72.2 Å². The summed E-state index contributed by atoms with van der Waals surface area (Å²) in [5, 5.41) is 8.83. The maximum Gasteiger partial charge on any atom is 0.127 e. The molecule has 11 aromatic rings. The van der Waals surface area contributed by atoms with Crippen LogP contribution in [-0.4, -0.2) is 0 Å². The first kappa shape index (κ1) is 46.4. The second-order valence-electron chi connectivity index (χ2n) is 20.6. The minimum absolute atomic E-state index is 0.647. The molecule has 2 aliphatic rings. The van der Waals surface area contributed by atoms with Crippen molar-refractivity contribution < 1.29 is 18.9 Å². The summed E-state index contributed by atoms with van der Waals surface area (Å²) in [6, 6.07) is 76.2. The zero-order chi connectivity index (χ0) is 52.0. The van der Waals surface area contributed by atoms with E-state index in [0.717, 1.165) is 66.1 Å². The molecule has 0 unspecified atom stereocenters. The Kier molecular flexibility index (Phi) is 10.8. The summed E-state index contributed by atoms with van der Waals surface area (Å²) in [6.07, 6.45) is 0. The highest BCUT2D eigenvalue weighted by Gasteiger charge is 2.51. The third kappa shape index (κ3) is 7.35. The van der Waals surface area contributed by atoms with Gasteiger partial charge in [-0.1, -0.05) is 148 Å². The molecule has 4 nitrogen and oxygen atoms in total. The molecule has 366 valence electrons. The third-order valence-electron chi connectivity index (χ3n) is 15.4. The van der Waals surface area contributed by atoms with Crippen molar-refractivity contribution in [3.63, 3.8) is 0 Å². The second kappa shape index (κ2) is 17.6. The lowest BCUT2D eigenvalue weighted by Gasteiger charge is -2.36. The Morgan fingerprint density at radius 2 is 0.513 bits per heavy atom. The molecular weight excluding hydrogens is 929 g/mol. The highest BCUT2D eigenvalue weighted by atomic mass is 16.5. The van der Waals surface area contributed by atoms with Crippen LogP contribution >= 0.6 is 0 Å². The lowest BCUT2D eigenvalue weighted by Crippen LogP contribution is -2.30. The number of allylic oxidation sites excluding steroid dienone is 4. The number of ether oxygens (including phenoxy) is 4. The van der Waals surface area contributed by atoms with Crippen LogP contribution < -0.4 is 18.9 Å². The Morgan fingerprint density at radius 3 is 0.789 bits per heavy atom. The molecule has 0 radical (unpaired) electrons. The van der Waals surface area contributed by atoms with Crippen LogP contribution in [0, 0.1) is 0 Å². The van der Waals surface area contributed by atoms with Crippen molar-refractivity contribution in [3.05, 3.63) is 300 Å². The zero-order valence-electron chi connectivity index (χ0n) is 43.1. The predicted molar refractivity (Wildman–Crippen MR) is 313 cm³/mol. The smallest absolute Gasteiger partial charge is 0.127 e. The molecule has 0 spiro atoms. The fraction of sp³-hybridized carbons (Fsp3) is 0.0833. The molecule has 4 heteroatoms. The number of hydrogen-bond donors (Lipinski definition) is 0. The molecule has 0 saturated heterocycles. The average molecular weight is 983 g/mol. The highest BCUT2D eigenvalue weighted by Crippen LogP contribution is 2.63. The topological polar surface area (TPSA) is 36.9 Å². The first-order valence-corrected chi connectivity index (χ1v) is 25.8. The second-order valence-corrected chi connectivity index (χ2v) is 20.6. The quantitative estimate of drug-likeness (QED) is 0.114. The lowest BCUT2D eigenvalue weighted by molar-refractivity contribution is 0.431. The van der Waals surface area contributed by atoms with E-state index in [0.29, 0.717) is 23.0 Å². The maximum atomic E-state index is 6.01. The van der Waals surface area contributed by atoms with Crippen molar-refractivity contribution in [2.45, 2.75) is 38.5 Å². The summed E-state index contributed by atoms with van der Waals surface area (Å²) >= 11 is 0. The van der Waals surface area contributed by atoms with Gasteiger partial charge in [-0.05, 0) is 222 Å². The van der Waals surface area contributed by atoms with Gasteiger partial charge in [-0.2, -0.15) is 0 Å². The van der Waals surface area contributed by atoms with Gasteiger partial charge in [0.2, 0.25) is 0 Å². The van der Waals surface area contributed by atoms with E-state index in [4.69, 9.17) is 18.9 Å². The Morgan fingerprint density at radius 1 is 0.263 bits per heavy atom. The molecule has 0 aliphatic heterocycles. The first-order valence-electron chi connectivity index (χ1n) is 25.8. The molecule has 2 aliphatic carbocycles. The molecule has 76 heavy (non-hydrogen) atoms. The van der Waals surface area contributed by atoms with E-state index in [1.165, 1.54) is 66.8 Å². The van der Waals surface area contributed by atoms with Crippen LogP contribution in [0.3, 0.4) is 0 Å². The van der Waals surface area contributed by atoms with Crippen molar-refractivity contribution >= 4 is 43.1 Å². The molecule has 0 atom stereocenters. The molecule has 11 aromatic carbocycles. The summed E-state index contributed by atoms with van der Waals surface area (Å²) in [4.78, 5) is 0. The van der Waals surface area contributed by atoms with Crippen molar-refractivity contribution in [3.8, 4) is 45.3 Å². The lowest BCUT2D eigenvalue weighted by atomic mass is 9.65. The molecule has 0 fully saturated rings. The monoisotopic (exact) mass is 982 g/mol. The van der Waals surface area contributed by atoms with Crippen LogP contribution in [0.2, 0.25) is 0 Å². The minimum atomic E-state index is -0.734. The van der Waals surface area contributed by atoms with E-state index in [1.807, 2.05) is 52.0 Å². The molecule has 0 N–H and O–H groups in total. The summed E-state index contributed by atoms with van der Waals surface area (Å²) < 4.78 is 24.0. The number of rotatable bonds is 12. The van der Waals surface area contributed by atoms with E-state index in [-0.39, 0.29) is 0 Å². The van der Waals surface area contributed by atoms with Crippen molar-refractivity contribution in [1.29, 1.82) is 0 Å². The van der Waals surface area contributed by atoms with Gasteiger partial charge in [-0.15, -0.1) is 0 Å². The standard InChI is InChI=1S/C72H54O4/c1-43(2)73-59-29-21-47-33-55(25-17-51(47)37-59)71(56-26-18-52-38-60(74-44(3)4)30-22-48(52)34-56)67-15-11-9-13-63(67)65-42-70-66(41-69(65)71)64-14-10-12-16-68(64)72(70,57-27-19-53-39-61(75-45(5)6)31-23-49(53)35-57)58-28-20-54-40-62(76-46(7)8)32-24-50(54)36-58/h9-42H,1,3,5,7H2,2,4,6,8H3. The van der Waals surface area contributed by atoms with Crippen LogP contribution in [0.5, 0.6) is 23.0 Å². The van der Waals surface area contributed by atoms with Gasteiger partial charge in [0.1, 0.15) is 23.0 Å². The van der Waals surface area contributed by atoms with Crippen molar-refractivity contribution in [2.75, 3.05) is 0 Å². The van der Waals surface area contributed by atoms with Gasteiger partial charge in [0.15, 0.2) is 0 Å². The Labute approximate surface area is 443 Å². The zero-order valence-corrected chi connectivity index (χ0v) is 43.1. The Balaban J connectivity index is 1.11. The van der Waals surface area contributed by atoms with Gasteiger partial charge in [0, 0.05) is 0 Å². The van der Waals surface area contributed by atoms with E-state index < -0.39 is 10.8 Å². The van der Waals surface area contributed by atoms with Crippen molar-refractivity contribution in [2.24, 2.45) is 0 Å². The fourth-order valence-corrected chi connectivity index (χ4v) is 12.5. The van der Waals surface area contributed by atoms with E-state index in [1.54, 1.807) is 0 Å². The van der Waals surface area contributed by atoms with Gasteiger partial charge >= 0.3 is 0 Å². The van der Waals surface area contributed by atoms with Crippen LogP contribution in [-0.2, 0) is 10.8 Å².